The van der Waals surface area contributed by atoms with E-state index in [1.165, 1.54) is 4.90 Å². The van der Waals surface area contributed by atoms with Crippen LogP contribution in [0.5, 0.6) is 0 Å². The molecule has 1 saturated heterocycles. The summed E-state index contributed by atoms with van der Waals surface area (Å²) in [6.45, 7) is 9.83. The number of nitrogens with one attached hydrogen (secondary N) is 3. The van der Waals surface area contributed by atoms with Gasteiger partial charge in [-0.05, 0) is 61.5 Å². The Balaban J connectivity index is 1.37. The third-order valence-electron chi connectivity index (χ3n) is 10.4. The largest absolute Gasteiger partial charge is 0.387 e. The number of carbonyl (C=O) groups is 5. The lowest BCUT2D eigenvalue weighted by molar-refractivity contribution is -0.145. The van der Waals surface area contributed by atoms with Crippen LogP contribution in [-0.4, -0.2) is 76.3 Å². The molecular weight excluding hydrogens is 646 g/mol. The zero-order chi connectivity index (χ0) is 35.5. The number of nitrogens with zero attached hydrogens (tertiary/aromatic N) is 2. The number of halogens is 1. The van der Waals surface area contributed by atoms with Gasteiger partial charge >= 0.3 is 0 Å². The van der Waals surface area contributed by atoms with Gasteiger partial charge in [-0.15, -0.1) is 0 Å². The number of likely N-dealkylation sites (tertiary alicyclic amines) is 1. The van der Waals surface area contributed by atoms with Crippen molar-refractivity contribution in [2.75, 3.05) is 6.54 Å². The normalized spacial score (nSPS) is 26.4. The Morgan fingerprint density at radius 3 is 2.41 bits per heavy atom. The second kappa shape index (κ2) is 15.2. The summed E-state index contributed by atoms with van der Waals surface area (Å²) in [7, 11) is 0. The number of carbonyl (C=O) groups excluding carboxylic acids is 5. The molecule has 1 aromatic rings. The number of amides is 4. The summed E-state index contributed by atoms with van der Waals surface area (Å²) in [5.41, 5.74) is -0.254. The van der Waals surface area contributed by atoms with E-state index in [1.54, 1.807) is 12.1 Å². The van der Waals surface area contributed by atoms with E-state index in [2.05, 4.69) is 28.0 Å². The highest BCUT2D eigenvalue weighted by Gasteiger charge is 2.55. The van der Waals surface area contributed by atoms with Crippen molar-refractivity contribution in [3.8, 4) is 0 Å². The fraction of sp³-hybridized carbons (Fsp3) is 0.676. The highest BCUT2D eigenvalue weighted by molar-refractivity contribution is 6.38. The van der Waals surface area contributed by atoms with Crippen LogP contribution < -0.4 is 16.0 Å². The molecule has 4 atom stereocenters. The number of rotatable bonds is 12. The summed E-state index contributed by atoms with van der Waals surface area (Å²) in [6.07, 6.45) is 7.44. The first-order valence-corrected chi connectivity index (χ1v) is 18.3. The van der Waals surface area contributed by atoms with E-state index in [9.17, 15) is 24.0 Å². The van der Waals surface area contributed by atoms with E-state index in [0.29, 0.717) is 35.9 Å². The average molecular weight is 698 g/mol. The average Bonchev–Trinajstić information content (AvgIpc) is 3.64. The third-order valence-corrected chi connectivity index (χ3v) is 10.6. The molecule has 4 amide bonds. The third kappa shape index (κ3) is 9.21. The molecule has 11 nitrogen and oxygen atoms in total. The van der Waals surface area contributed by atoms with E-state index in [-0.39, 0.29) is 37.3 Å². The first-order chi connectivity index (χ1) is 23.2. The van der Waals surface area contributed by atoms with Crippen LogP contribution >= 0.6 is 11.6 Å². The molecule has 5 rings (SSSR count). The molecule has 0 radical (unpaired) electrons. The van der Waals surface area contributed by atoms with Crippen LogP contribution in [-0.2, 0) is 28.8 Å². The molecule has 2 heterocycles. The van der Waals surface area contributed by atoms with Crippen LogP contribution in [0.1, 0.15) is 111 Å². The predicted molar refractivity (Wildman–Crippen MR) is 187 cm³/mol. The molecule has 12 heteroatoms. The maximum absolute atomic E-state index is 14.6. The van der Waals surface area contributed by atoms with Crippen molar-refractivity contribution in [1.29, 1.82) is 0 Å². The van der Waals surface area contributed by atoms with Gasteiger partial charge in [0.15, 0.2) is 5.60 Å². The number of oxime groups is 1. The van der Waals surface area contributed by atoms with E-state index < -0.39 is 52.6 Å². The molecule has 1 aromatic carbocycles. The Bertz CT molecular complexity index is 1460. The Hall–Kier alpha value is -3.47. The van der Waals surface area contributed by atoms with Crippen molar-refractivity contribution in [2.45, 2.75) is 135 Å². The number of hydrogen-bond donors (Lipinski definition) is 3. The van der Waals surface area contributed by atoms with Crippen LogP contribution in [0.3, 0.4) is 0 Å². The van der Waals surface area contributed by atoms with Crippen LogP contribution in [0.4, 0.5) is 0 Å². The summed E-state index contributed by atoms with van der Waals surface area (Å²) < 4.78 is 0. The minimum atomic E-state index is -1.04. The van der Waals surface area contributed by atoms with Crippen molar-refractivity contribution in [1.82, 2.24) is 20.9 Å². The molecule has 0 bridgehead atoms. The molecule has 268 valence electrons. The molecular formula is C37H52ClN5O6. The smallest absolute Gasteiger partial charge is 0.289 e. The minimum Gasteiger partial charge on any atom is -0.387 e. The quantitative estimate of drug-likeness (QED) is 0.271. The van der Waals surface area contributed by atoms with E-state index >= 15 is 0 Å². The van der Waals surface area contributed by atoms with Gasteiger partial charge in [-0.1, -0.05) is 82.8 Å². The summed E-state index contributed by atoms with van der Waals surface area (Å²) in [6, 6.07) is 4.27. The maximum Gasteiger partial charge on any atom is 0.289 e. The van der Waals surface area contributed by atoms with Gasteiger partial charge in [-0.2, -0.15) is 0 Å². The van der Waals surface area contributed by atoms with Gasteiger partial charge in [0.1, 0.15) is 12.1 Å². The first kappa shape index (κ1) is 36.8. The number of hydrogen-bond acceptors (Lipinski definition) is 7. The Labute approximate surface area is 294 Å². The van der Waals surface area contributed by atoms with Gasteiger partial charge < -0.3 is 25.7 Å². The van der Waals surface area contributed by atoms with Gasteiger partial charge in [0.25, 0.3) is 5.91 Å². The summed E-state index contributed by atoms with van der Waals surface area (Å²) >= 11 is 6.25. The fourth-order valence-electron chi connectivity index (χ4n) is 7.25. The Morgan fingerprint density at radius 1 is 1.06 bits per heavy atom. The molecule has 3 fully saturated rings. The fourth-order valence-corrected chi connectivity index (χ4v) is 7.44. The lowest BCUT2D eigenvalue weighted by atomic mass is 9.81. The van der Waals surface area contributed by atoms with Crippen molar-refractivity contribution in [3.63, 3.8) is 0 Å². The summed E-state index contributed by atoms with van der Waals surface area (Å²) in [4.78, 5) is 75.5. The lowest BCUT2D eigenvalue weighted by Crippen LogP contribution is -2.59. The molecule has 49 heavy (non-hydrogen) atoms. The molecule has 1 spiro atoms. The Morgan fingerprint density at radius 2 is 1.78 bits per heavy atom. The molecule has 0 aromatic heterocycles. The minimum absolute atomic E-state index is 0.00310. The van der Waals surface area contributed by atoms with Crippen LogP contribution in [0.15, 0.2) is 29.4 Å². The van der Waals surface area contributed by atoms with E-state index in [1.807, 2.05) is 39.8 Å². The first-order valence-electron chi connectivity index (χ1n) is 17.9. The highest BCUT2D eigenvalue weighted by Crippen LogP contribution is 2.40. The van der Waals surface area contributed by atoms with Gasteiger partial charge in [0.2, 0.25) is 23.5 Å². The Kier molecular flexibility index (Phi) is 11.4. The standard InChI is InChI=1S/C37H52ClN5O6/c1-6-8-27(31(45)34(47)39-26-15-16-26)40-33(46)29-20-37(19-28(42-49-37)24-9-7-10-25(38)18-24)21-43(29)35(48)32(36(3,4)5)41-30(44)17-23-13-11-22(2)12-14-23/h7,9-10,18,22-23,26-27,29,32H,6,8,11-17,19-21H2,1-5H3,(H,39,47)(H,40,46)(H,41,44)/t22?,23?,27-,29-,32+,37+/m0/s1. The van der Waals surface area contributed by atoms with Crippen molar-refractivity contribution < 1.29 is 28.8 Å². The predicted octanol–water partition coefficient (Wildman–Crippen LogP) is 4.68. The van der Waals surface area contributed by atoms with Crippen LogP contribution in [0, 0.1) is 17.3 Å². The van der Waals surface area contributed by atoms with Crippen LogP contribution in [0.25, 0.3) is 0 Å². The molecule has 3 N–H and O–H groups in total. The molecule has 2 saturated carbocycles. The number of Topliss-reactive ketones (excluding diaryl/α,β-unsaturated/α-hetero) is 1. The topological polar surface area (TPSA) is 146 Å². The molecule has 2 aliphatic heterocycles. The van der Waals surface area contributed by atoms with Gasteiger partial charge in [0.05, 0.1) is 18.3 Å². The molecule has 0 unspecified atom stereocenters. The summed E-state index contributed by atoms with van der Waals surface area (Å²) in [5.74, 6) is -1.60. The van der Waals surface area contributed by atoms with Crippen LogP contribution in [0.2, 0.25) is 5.02 Å². The lowest BCUT2D eigenvalue weighted by Gasteiger charge is -2.36. The van der Waals surface area contributed by atoms with E-state index in [4.69, 9.17) is 16.4 Å². The van der Waals surface area contributed by atoms with Gasteiger partial charge in [0, 0.05) is 35.9 Å². The second-order valence-electron chi connectivity index (χ2n) is 15.8. The zero-order valence-electron chi connectivity index (χ0n) is 29.5. The summed E-state index contributed by atoms with van der Waals surface area (Å²) in [5, 5.41) is 13.5. The SMILES string of the molecule is CCC[C@H](NC(=O)[C@@H]1C[C@]2(CC(c3cccc(Cl)c3)=NO2)CN1C(=O)[C@@H](NC(=O)CC1CCC(C)CC1)C(C)(C)C)C(=O)C(=O)NC1CC1. The van der Waals surface area contributed by atoms with Gasteiger partial charge in [-0.3, -0.25) is 24.0 Å². The van der Waals surface area contributed by atoms with Crippen molar-refractivity contribution >= 4 is 46.7 Å². The molecule has 4 aliphatic rings. The maximum atomic E-state index is 14.6. The highest BCUT2D eigenvalue weighted by atomic mass is 35.5. The van der Waals surface area contributed by atoms with Gasteiger partial charge in [-0.25, -0.2) is 0 Å². The monoisotopic (exact) mass is 697 g/mol. The number of ketones is 1. The number of benzene rings is 1. The van der Waals surface area contributed by atoms with E-state index in [0.717, 1.165) is 44.1 Å². The van der Waals surface area contributed by atoms with Crippen molar-refractivity contribution in [3.05, 3.63) is 34.9 Å². The second-order valence-corrected chi connectivity index (χ2v) is 16.3. The van der Waals surface area contributed by atoms with Crippen molar-refractivity contribution in [2.24, 2.45) is 22.4 Å². The zero-order valence-corrected chi connectivity index (χ0v) is 30.2. The molecule has 2 aliphatic carbocycles.